The van der Waals surface area contributed by atoms with Crippen LogP contribution < -0.4 is 5.56 Å². The zero-order valence-corrected chi connectivity index (χ0v) is 9.89. The number of carbonyl (C=O) groups is 1. The van der Waals surface area contributed by atoms with Crippen LogP contribution in [-0.4, -0.2) is 15.6 Å². The second kappa shape index (κ2) is 4.84. The molecule has 4 nitrogen and oxygen atoms in total. The minimum atomic E-state index is -4.54. The molecule has 7 heteroatoms. The van der Waals surface area contributed by atoms with E-state index in [-0.39, 0.29) is 5.69 Å². The number of aromatic carboxylic acids is 1. The third-order valence-electron chi connectivity index (χ3n) is 2.63. The van der Waals surface area contributed by atoms with Crippen LogP contribution in [-0.2, 0) is 6.18 Å². The van der Waals surface area contributed by atoms with Gasteiger partial charge < -0.3 is 5.11 Å². The van der Waals surface area contributed by atoms with Gasteiger partial charge in [0, 0.05) is 11.9 Å². The zero-order chi connectivity index (χ0) is 14.9. The molecular weight excluding hydrogens is 275 g/mol. The molecular formula is C13H8F3NO3. The number of alkyl halides is 3. The van der Waals surface area contributed by atoms with Crippen LogP contribution in [0.1, 0.15) is 15.9 Å². The van der Waals surface area contributed by atoms with Gasteiger partial charge in [-0.1, -0.05) is 6.07 Å². The first-order valence-corrected chi connectivity index (χ1v) is 5.43. The highest BCUT2D eigenvalue weighted by Crippen LogP contribution is 2.30. The number of carboxylic acids is 1. The van der Waals surface area contributed by atoms with Gasteiger partial charge in [-0.25, -0.2) is 4.79 Å². The van der Waals surface area contributed by atoms with Crippen LogP contribution >= 0.6 is 0 Å². The summed E-state index contributed by atoms with van der Waals surface area (Å²) in [5.41, 5.74) is -2.36. The Labute approximate surface area is 110 Å². The van der Waals surface area contributed by atoms with Gasteiger partial charge in [-0.2, -0.15) is 13.2 Å². The van der Waals surface area contributed by atoms with Gasteiger partial charge in [-0.15, -0.1) is 0 Å². The van der Waals surface area contributed by atoms with Crippen LogP contribution in [0.2, 0.25) is 0 Å². The number of pyridine rings is 1. The lowest BCUT2D eigenvalue weighted by molar-refractivity contribution is -0.137. The number of halogens is 3. The van der Waals surface area contributed by atoms with Gasteiger partial charge in [0.25, 0.3) is 5.56 Å². The lowest BCUT2D eigenvalue weighted by Crippen LogP contribution is -2.24. The van der Waals surface area contributed by atoms with Crippen LogP contribution in [0.15, 0.2) is 47.4 Å². The third-order valence-corrected chi connectivity index (χ3v) is 2.63. The van der Waals surface area contributed by atoms with Gasteiger partial charge >= 0.3 is 12.1 Å². The molecule has 0 radical (unpaired) electrons. The number of aromatic nitrogens is 1. The summed E-state index contributed by atoms with van der Waals surface area (Å²) >= 11 is 0. The zero-order valence-electron chi connectivity index (χ0n) is 9.89. The van der Waals surface area contributed by atoms with Gasteiger partial charge in [0.15, 0.2) is 0 Å². The van der Waals surface area contributed by atoms with E-state index >= 15 is 0 Å². The van der Waals surface area contributed by atoms with E-state index in [4.69, 9.17) is 5.11 Å². The average molecular weight is 283 g/mol. The summed E-state index contributed by atoms with van der Waals surface area (Å²) in [5, 5.41) is 8.83. The molecule has 0 bridgehead atoms. The first kappa shape index (κ1) is 13.9. The maximum absolute atomic E-state index is 12.6. The van der Waals surface area contributed by atoms with Crippen LogP contribution in [0.25, 0.3) is 5.69 Å². The topological polar surface area (TPSA) is 59.3 Å². The molecule has 2 aromatic rings. The van der Waals surface area contributed by atoms with E-state index in [2.05, 4.69) is 0 Å². The standard InChI is InChI=1S/C13H8F3NO3/c14-13(15,16)8-3-1-4-9(7-8)17-6-2-5-10(11(17)18)12(19)20/h1-7H,(H,19,20). The van der Waals surface area contributed by atoms with Crippen molar-refractivity contribution in [1.29, 1.82) is 0 Å². The first-order chi connectivity index (χ1) is 9.30. The van der Waals surface area contributed by atoms with Crippen molar-refractivity contribution in [2.24, 2.45) is 0 Å². The van der Waals surface area contributed by atoms with Gasteiger partial charge in [-0.3, -0.25) is 9.36 Å². The first-order valence-electron chi connectivity index (χ1n) is 5.43. The Balaban J connectivity index is 2.61. The SMILES string of the molecule is O=C(O)c1cccn(-c2cccc(C(F)(F)F)c2)c1=O. The fourth-order valence-electron chi connectivity index (χ4n) is 1.69. The smallest absolute Gasteiger partial charge is 0.416 e. The summed E-state index contributed by atoms with van der Waals surface area (Å²) in [6, 6.07) is 6.48. The van der Waals surface area contributed by atoms with E-state index in [0.29, 0.717) is 0 Å². The highest BCUT2D eigenvalue weighted by molar-refractivity contribution is 5.87. The van der Waals surface area contributed by atoms with Crippen molar-refractivity contribution < 1.29 is 23.1 Å². The molecule has 1 heterocycles. The van der Waals surface area contributed by atoms with Crippen LogP contribution in [0.4, 0.5) is 13.2 Å². The normalized spacial score (nSPS) is 11.3. The third kappa shape index (κ3) is 2.56. The average Bonchev–Trinajstić information content (AvgIpc) is 2.38. The molecule has 0 aliphatic heterocycles. The van der Waals surface area contributed by atoms with Gasteiger partial charge in [0.05, 0.1) is 5.56 Å². The molecule has 0 saturated carbocycles. The second-order valence-electron chi connectivity index (χ2n) is 3.95. The van der Waals surface area contributed by atoms with Gasteiger partial charge in [0.2, 0.25) is 0 Å². The lowest BCUT2D eigenvalue weighted by Gasteiger charge is -2.10. The Morgan fingerprint density at radius 1 is 1.15 bits per heavy atom. The van der Waals surface area contributed by atoms with Gasteiger partial charge in [-0.05, 0) is 30.3 Å². The van der Waals surface area contributed by atoms with E-state index in [1.807, 2.05) is 0 Å². The van der Waals surface area contributed by atoms with E-state index in [1.54, 1.807) is 0 Å². The predicted octanol–water partition coefficient (Wildman–Crippen LogP) is 2.55. The molecule has 104 valence electrons. The molecule has 0 unspecified atom stereocenters. The fraction of sp³-hybridized carbons (Fsp3) is 0.0769. The largest absolute Gasteiger partial charge is 0.477 e. The summed E-state index contributed by atoms with van der Waals surface area (Å²) in [4.78, 5) is 22.7. The highest BCUT2D eigenvalue weighted by Gasteiger charge is 2.30. The molecule has 0 saturated heterocycles. The summed E-state index contributed by atoms with van der Waals surface area (Å²) in [7, 11) is 0. The molecule has 1 aromatic heterocycles. The van der Waals surface area contributed by atoms with Crippen molar-refractivity contribution in [1.82, 2.24) is 4.57 Å². The Hall–Kier alpha value is -2.57. The molecule has 0 fully saturated rings. The fourth-order valence-corrected chi connectivity index (χ4v) is 1.69. The summed E-state index contributed by atoms with van der Waals surface area (Å²) in [5.74, 6) is -1.43. The summed E-state index contributed by atoms with van der Waals surface area (Å²) in [6.45, 7) is 0. The molecule has 2 rings (SSSR count). The maximum Gasteiger partial charge on any atom is 0.416 e. The molecule has 0 atom stereocenters. The second-order valence-corrected chi connectivity index (χ2v) is 3.95. The molecule has 0 aliphatic carbocycles. The van der Waals surface area contributed by atoms with Gasteiger partial charge in [0.1, 0.15) is 5.56 Å². The van der Waals surface area contributed by atoms with Crippen molar-refractivity contribution in [3.63, 3.8) is 0 Å². The molecule has 1 N–H and O–H groups in total. The Bertz CT molecular complexity index is 719. The Kier molecular flexibility index (Phi) is 3.35. The van der Waals surface area contributed by atoms with Crippen LogP contribution in [0.5, 0.6) is 0 Å². The molecule has 0 spiro atoms. The van der Waals surface area contributed by atoms with E-state index in [0.717, 1.165) is 28.8 Å². The van der Waals surface area contributed by atoms with Crippen molar-refractivity contribution in [2.75, 3.05) is 0 Å². The summed E-state index contributed by atoms with van der Waals surface area (Å²) in [6.07, 6.45) is -3.33. The van der Waals surface area contributed by atoms with Crippen molar-refractivity contribution >= 4 is 5.97 Å². The van der Waals surface area contributed by atoms with Crippen molar-refractivity contribution in [2.45, 2.75) is 6.18 Å². The minimum Gasteiger partial charge on any atom is -0.477 e. The number of hydrogen-bond acceptors (Lipinski definition) is 2. The lowest BCUT2D eigenvalue weighted by atomic mass is 10.2. The number of hydrogen-bond donors (Lipinski definition) is 1. The van der Waals surface area contributed by atoms with E-state index in [9.17, 15) is 22.8 Å². The molecule has 0 amide bonds. The minimum absolute atomic E-state index is 0.0482. The molecule has 20 heavy (non-hydrogen) atoms. The van der Waals surface area contributed by atoms with Crippen LogP contribution in [0.3, 0.4) is 0 Å². The quantitative estimate of drug-likeness (QED) is 0.921. The molecule has 1 aromatic carbocycles. The number of carboxylic acid groups (broad SMARTS) is 1. The van der Waals surface area contributed by atoms with E-state index in [1.165, 1.54) is 18.3 Å². The Morgan fingerprint density at radius 2 is 1.85 bits per heavy atom. The highest BCUT2D eigenvalue weighted by atomic mass is 19.4. The maximum atomic E-state index is 12.6. The van der Waals surface area contributed by atoms with E-state index < -0.39 is 28.8 Å². The van der Waals surface area contributed by atoms with Crippen molar-refractivity contribution in [3.05, 3.63) is 64.1 Å². The van der Waals surface area contributed by atoms with Crippen molar-refractivity contribution in [3.8, 4) is 5.69 Å². The number of rotatable bonds is 2. The van der Waals surface area contributed by atoms with Crippen LogP contribution in [0, 0.1) is 0 Å². The number of nitrogens with zero attached hydrogens (tertiary/aromatic N) is 1. The molecule has 0 aliphatic rings. The predicted molar refractivity (Wildman–Crippen MR) is 64.0 cm³/mol. The Morgan fingerprint density at radius 3 is 2.45 bits per heavy atom. The summed E-state index contributed by atoms with van der Waals surface area (Å²) < 4.78 is 38.7. The number of benzene rings is 1. The monoisotopic (exact) mass is 283 g/mol.